The van der Waals surface area contributed by atoms with Crippen LogP contribution in [-0.2, 0) is 0 Å². The number of thiazole rings is 1. The summed E-state index contributed by atoms with van der Waals surface area (Å²) in [7, 11) is 0. The number of fused-ring (bicyclic) bond motifs is 4. The zero-order valence-electron chi connectivity index (χ0n) is 15.4. The van der Waals surface area contributed by atoms with Gasteiger partial charge in [-0.15, -0.1) is 11.3 Å². The fourth-order valence-electron chi connectivity index (χ4n) is 3.98. The maximum atomic E-state index is 10.8. The Morgan fingerprint density at radius 1 is 0.759 bits per heavy atom. The van der Waals surface area contributed by atoms with Crippen LogP contribution >= 0.6 is 11.3 Å². The van der Waals surface area contributed by atoms with Gasteiger partial charge in [-0.1, -0.05) is 54.6 Å². The van der Waals surface area contributed by atoms with Crippen molar-refractivity contribution in [2.45, 2.75) is 0 Å². The molecule has 0 aliphatic heterocycles. The van der Waals surface area contributed by atoms with E-state index in [0.717, 1.165) is 42.9 Å². The van der Waals surface area contributed by atoms with Crippen LogP contribution in [0.3, 0.4) is 0 Å². The zero-order valence-corrected chi connectivity index (χ0v) is 16.2. The zero-order chi connectivity index (χ0) is 19.4. The standard InChI is InChI=1S/C25H16N2OS/c28-22-14-15(12-13-19(22)25-27-21-10-3-4-11-23(21)29-25)16-7-5-8-18-17-6-1-2-9-20(17)26-24(16)18/h1-14,26,28H. The van der Waals surface area contributed by atoms with E-state index in [-0.39, 0.29) is 5.75 Å². The summed E-state index contributed by atoms with van der Waals surface area (Å²) < 4.78 is 1.12. The van der Waals surface area contributed by atoms with Gasteiger partial charge in [0.1, 0.15) is 10.8 Å². The van der Waals surface area contributed by atoms with Gasteiger partial charge in [-0.25, -0.2) is 4.98 Å². The number of aromatic hydroxyl groups is 1. The third-order valence-electron chi connectivity index (χ3n) is 5.37. The highest BCUT2D eigenvalue weighted by Crippen LogP contribution is 2.39. The molecule has 4 aromatic carbocycles. The predicted molar refractivity (Wildman–Crippen MR) is 122 cm³/mol. The first-order valence-corrected chi connectivity index (χ1v) is 10.3. The molecule has 0 amide bonds. The molecular formula is C25H16N2OS. The van der Waals surface area contributed by atoms with Gasteiger partial charge in [0, 0.05) is 21.9 Å². The third-order valence-corrected chi connectivity index (χ3v) is 6.44. The Kier molecular flexibility index (Phi) is 3.49. The Hall–Kier alpha value is -3.63. The lowest BCUT2D eigenvalue weighted by atomic mass is 10.0. The Bertz CT molecular complexity index is 1490. The molecule has 0 saturated heterocycles. The number of nitrogens with one attached hydrogen (secondary N) is 1. The van der Waals surface area contributed by atoms with Crippen LogP contribution in [0.5, 0.6) is 5.75 Å². The summed E-state index contributed by atoms with van der Waals surface area (Å²) in [6, 6.07) is 28.5. The van der Waals surface area contributed by atoms with Crippen molar-refractivity contribution in [3.63, 3.8) is 0 Å². The molecule has 3 nitrogen and oxygen atoms in total. The molecule has 0 aliphatic rings. The monoisotopic (exact) mass is 392 g/mol. The number of H-pyrrole nitrogens is 1. The first-order chi connectivity index (χ1) is 14.3. The van der Waals surface area contributed by atoms with Crippen LogP contribution in [0.2, 0.25) is 0 Å². The molecule has 29 heavy (non-hydrogen) atoms. The molecule has 0 aliphatic carbocycles. The quantitative estimate of drug-likeness (QED) is 0.334. The van der Waals surface area contributed by atoms with E-state index in [9.17, 15) is 5.11 Å². The lowest BCUT2D eigenvalue weighted by molar-refractivity contribution is 0.477. The van der Waals surface area contributed by atoms with Gasteiger partial charge in [0.15, 0.2) is 0 Å². The number of aromatic nitrogens is 2. The Balaban J connectivity index is 1.51. The van der Waals surface area contributed by atoms with E-state index in [1.807, 2.05) is 36.4 Å². The second-order valence-electron chi connectivity index (χ2n) is 7.12. The number of para-hydroxylation sites is 3. The molecule has 0 saturated carbocycles. The third kappa shape index (κ3) is 2.53. The largest absolute Gasteiger partial charge is 0.507 e. The van der Waals surface area contributed by atoms with Crippen molar-refractivity contribution in [1.82, 2.24) is 9.97 Å². The summed E-state index contributed by atoms with van der Waals surface area (Å²) in [4.78, 5) is 8.21. The molecule has 0 bridgehead atoms. The van der Waals surface area contributed by atoms with Crippen molar-refractivity contribution in [2.24, 2.45) is 0 Å². The lowest BCUT2D eigenvalue weighted by Crippen LogP contribution is -1.83. The van der Waals surface area contributed by atoms with Gasteiger partial charge in [0.05, 0.1) is 21.3 Å². The van der Waals surface area contributed by atoms with Gasteiger partial charge >= 0.3 is 0 Å². The topological polar surface area (TPSA) is 48.9 Å². The summed E-state index contributed by atoms with van der Waals surface area (Å²) in [6.45, 7) is 0. The highest BCUT2D eigenvalue weighted by Gasteiger charge is 2.14. The van der Waals surface area contributed by atoms with Crippen LogP contribution in [0.15, 0.2) is 84.9 Å². The molecule has 0 spiro atoms. The van der Waals surface area contributed by atoms with Crippen LogP contribution in [-0.4, -0.2) is 15.1 Å². The Labute approximate surface area is 170 Å². The van der Waals surface area contributed by atoms with Crippen molar-refractivity contribution < 1.29 is 5.11 Å². The van der Waals surface area contributed by atoms with Crippen LogP contribution in [0.25, 0.3) is 53.7 Å². The highest BCUT2D eigenvalue weighted by atomic mass is 32.1. The molecule has 0 unspecified atom stereocenters. The molecule has 0 fully saturated rings. The molecule has 6 aromatic rings. The van der Waals surface area contributed by atoms with Crippen LogP contribution in [0, 0.1) is 0 Å². The van der Waals surface area contributed by atoms with Gasteiger partial charge in [0.2, 0.25) is 0 Å². The molecule has 0 atom stereocenters. The number of aromatic amines is 1. The number of benzene rings is 4. The molecule has 2 heterocycles. The van der Waals surface area contributed by atoms with E-state index in [1.54, 1.807) is 11.3 Å². The molecule has 0 radical (unpaired) electrons. The van der Waals surface area contributed by atoms with Gasteiger partial charge in [-0.2, -0.15) is 0 Å². The maximum Gasteiger partial charge on any atom is 0.128 e. The van der Waals surface area contributed by atoms with Crippen LogP contribution < -0.4 is 0 Å². The van der Waals surface area contributed by atoms with Crippen molar-refractivity contribution in [3.05, 3.63) is 84.9 Å². The fourth-order valence-corrected chi connectivity index (χ4v) is 4.98. The molecule has 4 heteroatoms. The average molecular weight is 392 g/mol. The Morgan fingerprint density at radius 2 is 1.59 bits per heavy atom. The first-order valence-electron chi connectivity index (χ1n) is 9.47. The molecule has 6 rings (SSSR count). The number of nitrogens with zero attached hydrogens (tertiary/aromatic N) is 1. The summed E-state index contributed by atoms with van der Waals surface area (Å²) in [5, 5.41) is 14.0. The van der Waals surface area contributed by atoms with Crippen molar-refractivity contribution >= 4 is 43.4 Å². The number of rotatable bonds is 2. The molecule has 2 aromatic heterocycles. The van der Waals surface area contributed by atoms with Crippen molar-refractivity contribution in [2.75, 3.05) is 0 Å². The highest BCUT2D eigenvalue weighted by molar-refractivity contribution is 7.21. The Morgan fingerprint density at radius 3 is 2.48 bits per heavy atom. The SMILES string of the molecule is Oc1cc(-c2cccc3c2[nH]c2ccccc23)ccc1-c1nc2ccccc2s1. The van der Waals surface area contributed by atoms with E-state index in [0.29, 0.717) is 0 Å². The van der Waals surface area contributed by atoms with E-state index >= 15 is 0 Å². The van der Waals surface area contributed by atoms with Gasteiger partial charge in [0.25, 0.3) is 0 Å². The van der Waals surface area contributed by atoms with E-state index in [1.165, 1.54) is 10.8 Å². The van der Waals surface area contributed by atoms with Gasteiger partial charge < -0.3 is 10.1 Å². The first kappa shape index (κ1) is 16.3. The average Bonchev–Trinajstić information content (AvgIpc) is 3.35. The second kappa shape index (κ2) is 6.19. The predicted octanol–water partition coefficient (Wildman–Crippen LogP) is 6.97. The summed E-state index contributed by atoms with van der Waals surface area (Å²) in [6.07, 6.45) is 0. The number of phenolic OH excluding ortho intramolecular Hbond substituents is 1. The van der Waals surface area contributed by atoms with Crippen LogP contribution in [0.4, 0.5) is 0 Å². The second-order valence-corrected chi connectivity index (χ2v) is 8.15. The lowest BCUT2D eigenvalue weighted by Gasteiger charge is -2.07. The summed E-state index contributed by atoms with van der Waals surface area (Å²) >= 11 is 1.59. The van der Waals surface area contributed by atoms with Gasteiger partial charge in [-0.05, 0) is 35.9 Å². The van der Waals surface area contributed by atoms with Crippen molar-refractivity contribution in [1.29, 1.82) is 0 Å². The molecular weight excluding hydrogens is 376 g/mol. The number of hydrogen-bond acceptors (Lipinski definition) is 3. The summed E-state index contributed by atoms with van der Waals surface area (Å²) in [5.41, 5.74) is 5.97. The maximum absolute atomic E-state index is 10.8. The minimum Gasteiger partial charge on any atom is -0.507 e. The molecule has 2 N–H and O–H groups in total. The number of phenols is 1. The van der Waals surface area contributed by atoms with Crippen molar-refractivity contribution in [3.8, 4) is 27.4 Å². The van der Waals surface area contributed by atoms with Gasteiger partial charge in [-0.3, -0.25) is 0 Å². The van der Waals surface area contributed by atoms with E-state index < -0.39 is 0 Å². The van der Waals surface area contributed by atoms with Crippen LogP contribution in [0.1, 0.15) is 0 Å². The fraction of sp³-hybridized carbons (Fsp3) is 0. The van der Waals surface area contributed by atoms with E-state index in [2.05, 4.69) is 58.5 Å². The number of hydrogen-bond donors (Lipinski definition) is 2. The molecule has 138 valence electrons. The summed E-state index contributed by atoms with van der Waals surface area (Å²) in [5.74, 6) is 0.245. The minimum absolute atomic E-state index is 0.245. The van der Waals surface area contributed by atoms with E-state index in [4.69, 9.17) is 0 Å². The minimum atomic E-state index is 0.245. The smallest absolute Gasteiger partial charge is 0.128 e. The normalized spacial score (nSPS) is 11.6.